The zero-order chi connectivity index (χ0) is 15.6. The second-order valence-electron chi connectivity index (χ2n) is 6.14. The number of nitrogens with one attached hydrogen (secondary N) is 2. The summed E-state index contributed by atoms with van der Waals surface area (Å²) in [5, 5.41) is 6.99. The number of aromatic nitrogens is 1. The van der Waals surface area contributed by atoms with Crippen molar-refractivity contribution >= 4 is 28.2 Å². The Balaban J connectivity index is 2.01. The maximum atomic E-state index is 12.4. The van der Waals surface area contributed by atoms with Gasteiger partial charge in [0.25, 0.3) is 5.91 Å². The predicted molar refractivity (Wildman–Crippen MR) is 87.8 cm³/mol. The zero-order valence-corrected chi connectivity index (χ0v) is 14.0. The summed E-state index contributed by atoms with van der Waals surface area (Å²) in [4.78, 5) is 19.4. The van der Waals surface area contributed by atoms with Crippen LogP contribution in [0.2, 0.25) is 0 Å². The smallest absolute Gasteiger partial charge is 0.265 e. The summed E-state index contributed by atoms with van der Waals surface area (Å²) < 4.78 is 0. The highest BCUT2D eigenvalue weighted by molar-refractivity contribution is 7.18. The van der Waals surface area contributed by atoms with Crippen LogP contribution in [-0.2, 0) is 0 Å². The van der Waals surface area contributed by atoms with Gasteiger partial charge < -0.3 is 21.3 Å². The molecule has 1 aromatic rings. The molecule has 0 aliphatic carbocycles. The van der Waals surface area contributed by atoms with Crippen molar-refractivity contribution in [2.45, 2.75) is 39.3 Å². The topological polar surface area (TPSA) is 83.3 Å². The molecule has 1 amide bonds. The van der Waals surface area contributed by atoms with Gasteiger partial charge in [0.15, 0.2) is 5.13 Å². The van der Waals surface area contributed by atoms with Gasteiger partial charge in [-0.05, 0) is 39.8 Å². The van der Waals surface area contributed by atoms with Crippen LogP contribution < -0.4 is 16.4 Å². The average molecular weight is 311 g/mol. The largest absolute Gasteiger partial charge is 0.382 e. The van der Waals surface area contributed by atoms with E-state index in [1.807, 2.05) is 13.8 Å². The highest BCUT2D eigenvalue weighted by atomic mass is 32.1. The first-order chi connectivity index (χ1) is 9.86. The summed E-state index contributed by atoms with van der Waals surface area (Å²) >= 11 is 1.32. The highest BCUT2D eigenvalue weighted by Crippen LogP contribution is 2.26. The standard InChI is InChI=1S/C14H25N5OS/c1-8(2)16-14-18-12(15)11(21-14)13(20)17-10-5-6-19(4)7-9(10)3/h8-10H,5-7,15H2,1-4H3,(H,16,18)(H,17,20). The van der Waals surface area contributed by atoms with E-state index in [1.54, 1.807) is 0 Å². The normalized spacial score (nSPS) is 23.3. The number of anilines is 2. The third kappa shape index (κ3) is 4.07. The first-order valence-electron chi connectivity index (χ1n) is 7.39. The Labute approximate surface area is 130 Å². The first kappa shape index (κ1) is 16.0. The molecule has 6 nitrogen and oxygen atoms in total. The van der Waals surface area contributed by atoms with Gasteiger partial charge >= 0.3 is 0 Å². The Hall–Kier alpha value is -1.34. The molecular formula is C14H25N5OS. The number of amides is 1. The number of nitrogens with two attached hydrogens (primary N) is 1. The number of carbonyl (C=O) groups excluding carboxylic acids is 1. The second kappa shape index (κ2) is 6.62. The maximum Gasteiger partial charge on any atom is 0.265 e. The summed E-state index contributed by atoms with van der Waals surface area (Å²) in [5.41, 5.74) is 5.87. The van der Waals surface area contributed by atoms with Gasteiger partial charge in [0.2, 0.25) is 0 Å². The van der Waals surface area contributed by atoms with Gasteiger partial charge in [-0.3, -0.25) is 4.79 Å². The number of carbonyl (C=O) groups is 1. The molecule has 1 aromatic heterocycles. The zero-order valence-electron chi connectivity index (χ0n) is 13.1. The lowest BCUT2D eigenvalue weighted by atomic mass is 9.94. The summed E-state index contributed by atoms with van der Waals surface area (Å²) in [6, 6.07) is 0.470. The molecular weight excluding hydrogens is 286 g/mol. The van der Waals surface area contributed by atoms with E-state index in [4.69, 9.17) is 5.73 Å². The van der Waals surface area contributed by atoms with Gasteiger partial charge in [-0.1, -0.05) is 18.3 Å². The lowest BCUT2D eigenvalue weighted by Crippen LogP contribution is -2.48. The van der Waals surface area contributed by atoms with E-state index >= 15 is 0 Å². The van der Waals surface area contributed by atoms with Crippen molar-refractivity contribution in [1.29, 1.82) is 0 Å². The SMILES string of the molecule is CC(C)Nc1nc(N)c(C(=O)NC2CCN(C)CC2C)s1. The van der Waals surface area contributed by atoms with Crippen LogP contribution in [0.3, 0.4) is 0 Å². The minimum Gasteiger partial charge on any atom is -0.382 e. The van der Waals surface area contributed by atoms with Crippen molar-refractivity contribution in [3.63, 3.8) is 0 Å². The van der Waals surface area contributed by atoms with E-state index in [2.05, 4.69) is 34.5 Å². The molecule has 1 aliphatic rings. The average Bonchev–Trinajstić information content (AvgIpc) is 2.72. The first-order valence-corrected chi connectivity index (χ1v) is 8.20. The fourth-order valence-electron chi connectivity index (χ4n) is 2.61. The van der Waals surface area contributed by atoms with Crippen LogP contribution in [0, 0.1) is 5.92 Å². The van der Waals surface area contributed by atoms with E-state index in [1.165, 1.54) is 11.3 Å². The van der Waals surface area contributed by atoms with E-state index in [0.717, 1.165) is 19.5 Å². The molecule has 0 radical (unpaired) electrons. The van der Waals surface area contributed by atoms with Crippen molar-refractivity contribution in [3.05, 3.63) is 4.88 Å². The molecule has 1 aliphatic heterocycles. The number of likely N-dealkylation sites (tertiary alicyclic amines) is 1. The van der Waals surface area contributed by atoms with Crippen LogP contribution in [-0.4, -0.2) is 48.0 Å². The molecule has 21 heavy (non-hydrogen) atoms. The molecule has 2 unspecified atom stereocenters. The van der Waals surface area contributed by atoms with Crippen molar-refractivity contribution in [1.82, 2.24) is 15.2 Å². The van der Waals surface area contributed by atoms with Crippen molar-refractivity contribution in [2.75, 3.05) is 31.2 Å². The lowest BCUT2D eigenvalue weighted by Gasteiger charge is -2.35. The minimum absolute atomic E-state index is 0.108. The molecule has 2 atom stereocenters. The quantitative estimate of drug-likeness (QED) is 0.787. The Morgan fingerprint density at radius 3 is 2.86 bits per heavy atom. The molecule has 0 bridgehead atoms. The molecule has 2 heterocycles. The molecule has 0 spiro atoms. The lowest BCUT2D eigenvalue weighted by molar-refractivity contribution is 0.0888. The van der Waals surface area contributed by atoms with Gasteiger partial charge in [0, 0.05) is 18.6 Å². The number of rotatable bonds is 4. The molecule has 0 saturated carbocycles. The van der Waals surface area contributed by atoms with Crippen LogP contribution >= 0.6 is 11.3 Å². The van der Waals surface area contributed by atoms with Crippen LogP contribution in [0.25, 0.3) is 0 Å². The predicted octanol–water partition coefficient (Wildman–Crippen LogP) is 1.62. The van der Waals surface area contributed by atoms with Crippen LogP contribution in [0.4, 0.5) is 10.9 Å². The summed E-state index contributed by atoms with van der Waals surface area (Å²) in [6.45, 7) is 8.23. The minimum atomic E-state index is -0.108. The third-order valence-electron chi connectivity index (χ3n) is 3.70. The number of hydrogen-bond acceptors (Lipinski definition) is 6. The van der Waals surface area contributed by atoms with E-state index in [-0.39, 0.29) is 18.0 Å². The summed E-state index contributed by atoms with van der Waals surface area (Å²) in [7, 11) is 2.11. The Morgan fingerprint density at radius 1 is 1.52 bits per heavy atom. The Kier molecular flexibility index (Phi) is 5.05. The van der Waals surface area contributed by atoms with E-state index < -0.39 is 0 Å². The number of piperidine rings is 1. The fraction of sp³-hybridized carbons (Fsp3) is 0.714. The molecule has 4 N–H and O–H groups in total. The molecule has 118 valence electrons. The molecule has 1 fully saturated rings. The Bertz CT molecular complexity index is 502. The van der Waals surface area contributed by atoms with Gasteiger partial charge in [-0.25, -0.2) is 4.98 Å². The number of thiazole rings is 1. The maximum absolute atomic E-state index is 12.4. The van der Waals surface area contributed by atoms with E-state index in [9.17, 15) is 4.79 Å². The number of nitrogen functional groups attached to an aromatic ring is 1. The van der Waals surface area contributed by atoms with Crippen molar-refractivity contribution in [2.24, 2.45) is 5.92 Å². The monoisotopic (exact) mass is 311 g/mol. The van der Waals surface area contributed by atoms with Gasteiger partial charge in [0.1, 0.15) is 10.7 Å². The second-order valence-corrected chi connectivity index (χ2v) is 7.14. The fourth-order valence-corrected chi connectivity index (χ4v) is 3.54. The van der Waals surface area contributed by atoms with Gasteiger partial charge in [0.05, 0.1) is 0 Å². The van der Waals surface area contributed by atoms with Crippen LogP contribution in [0.15, 0.2) is 0 Å². The highest BCUT2D eigenvalue weighted by Gasteiger charge is 2.27. The summed E-state index contributed by atoms with van der Waals surface area (Å²) in [6.07, 6.45) is 0.971. The van der Waals surface area contributed by atoms with Gasteiger partial charge in [-0.15, -0.1) is 0 Å². The van der Waals surface area contributed by atoms with Crippen LogP contribution in [0.1, 0.15) is 36.9 Å². The number of nitrogens with zero attached hydrogens (tertiary/aromatic N) is 2. The number of hydrogen-bond donors (Lipinski definition) is 3. The third-order valence-corrected chi connectivity index (χ3v) is 4.70. The van der Waals surface area contributed by atoms with E-state index in [0.29, 0.717) is 21.7 Å². The van der Waals surface area contributed by atoms with Crippen LogP contribution in [0.5, 0.6) is 0 Å². The molecule has 0 aromatic carbocycles. The summed E-state index contributed by atoms with van der Waals surface area (Å²) in [5.74, 6) is 0.638. The van der Waals surface area contributed by atoms with Gasteiger partial charge in [-0.2, -0.15) is 0 Å². The Morgan fingerprint density at radius 2 is 2.24 bits per heavy atom. The van der Waals surface area contributed by atoms with Crippen molar-refractivity contribution in [3.8, 4) is 0 Å². The van der Waals surface area contributed by atoms with Crippen molar-refractivity contribution < 1.29 is 4.79 Å². The molecule has 1 saturated heterocycles. The molecule has 7 heteroatoms. The molecule has 2 rings (SSSR count).